The van der Waals surface area contributed by atoms with Crippen molar-refractivity contribution in [3.05, 3.63) is 29.8 Å². The molecule has 3 heteroatoms. The van der Waals surface area contributed by atoms with E-state index in [1.165, 1.54) is 5.56 Å². The predicted molar refractivity (Wildman–Crippen MR) is 72.0 cm³/mol. The molecule has 1 aromatic carbocycles. The number of carbonyl (C=O) groups excluding carboxylic acids is 1. The zero-order valence-electron chi connectivity index (χ0n) is 10.8. The van der Waals surface area contributed by atoms with Crippen molar-refractivity contribution in [3.63, 3.8) is 0 Å². The van der Waals surface area contributed by atoms with Crippen molar-refractivity contribution >= 4 is 11.6 Å². The molecule has 0 radical (unpaired) electrons. The van der Waals surface area contributed by atoms with Crippen LogP contribution in [0, 0.1) is 0 Å². The highest BCUT2D eigenvalue weighted by atomic mass is 16.1. The smallest absolute Gasteiger partial charge is 0.224 e. The van der Waals surface area contributed by atoms with Gasteiger partial charge in [0, 0.05) is 18.7 Å². The van der Waals surface area contributed by atoms with Gasteiger partial charge in [-0.1, -0.05) is 31.9 Å². The zero-order chi connectivity index (χ0) is 12.5. The number of nitrogens with one attached hydrogen (secondary N) is 2. The van der Waals surface area contributed by atoms with Gasteiger partial charge in [0.15, 0.2) is 0 Å². The third-order valence-corrected chi connectivity index (χ3v) is 2.60. The Morgan fingerprint density at radius 3 is 2.82 bits per heavy atom. The molecule has 0 atom stereocenters. The van der Waals surface area contributed by atoms with Gasteiger partial charge in [0.05, 0.1) is 0 Å². The fourth-order valence-corrected chi connectivity index (χ4v) is 1.72. The van der Waals surface area contributed by atoms with Crippen molar-refractivity contribution in [1.82, 2.24) is 5.32 Å². The molecule has 1 rings (SSSR count). The lowest BCUT2D eigenvalue weighted by Crippen LogP contribution is -2.12. The maximum Gasteiger partial charge on any atom is 0.224 e. The van der Waals surface area contributed by atoms with Crippen LogP contribution in [-0.4, -0.2) is 13.0 Å². The maximum absolute atomic E-state index is 11.6. The van der Waals surface area contributed by atoms with E-state index >= 15 is 0 Å². The molecule has 0 heterocycles. The van der Waals surface area contributed by atoms with Gasteiger partial charge in [-0.3, -0.25) is 4.79 Å². The number of amides is 1. The van der Waals surface area contributed by atoms with Gasteiger partial charge < -0.3 is 10.6 Å². The second kappa shape index (κ2) is 7.85. The van der Waals surface area contributed by atoms with Gasteiger partial charge in [0.2, 0.25) is 5.91 Å². The number of carbonyl (C=O) groups is 1. The first-order chi connectivity index (χ1) is 8.26. The molecule has 0 unspecified atom stereocenters. The van der Waals surface area contributed by atoms with Crippen LogP contribution in [0.5, 0.6) is 0 Å². The normalized spacial score (nSPS) is 10.2. The van der Waals surface area contributed by atoms with Gasteiger partial charge in [0.1, 0.15) is 0 Å². The molecule has 0 aliphatic carbocycles. The van der Waals surface area contributed by atoms with Gasteiger partial charge >= 0.3 is 0 Å². The second-order valence-electron chi connectivity index (χ2n) is 4.24. The Balaban J connectivity index is 2.44. The van der Waals surface area contributed by atoms with Crippen molar-refractivity contribution in [3.8, 4) is 0 Å². The van der Waals surface area contributed by atoms with Crippen LogP contribution in [0.25, 0.3) is 0 Å². The fourth-order valence-electron chi connectivity index (χ4n) is 1.72. The Labute approximate surface area is 104 Å². The molecular weight excluding hydrogens is 212 g/mol. The van der Waals surface area contributed by atoms with E-state index in [1.54, 1.807) is 0 Å². The van der Waals surface area contributed by atoms with E-state index in [2.05, 4.69) is 17.6 Å². The molecule has 17 heavy (non-hydrogen) atoms. The molecule has 94 valence electrons. The van der Waals surface area contributed by atoms with E-state index in [4.69, 9.17) is 0 Å². The third-order valence-electron chi connectivity index (χ3n) is 2.60. The summed E-state index contributed by atoms with van der Waals surface area (Å²) in [5.74, 6) is 0.111. The van der Waals surface area contributed by atoms with E-state index in [0.717, 1.165) is 31.5 Å². The van der Waals surface area contributed by atoms with Crippen LogP contribution in [0.3, 0.4) is 0 Å². The van der Waals surface area contributed by atoms with E-state index in [0.29, 0.717) is 6.42 Å². The summed E-state index contributed by atoms with van der Waals surface area (Å²) in [6.07, 6.45) is 3.85. The van der Waals surface area contributed by atoms with Crippen LogP contribution in [-0.2, 0) is 11.3 Å². The molecule has 0 aliphatic rings. The summed E-state index contributed by atoms with van der Waals surface area (Å²) in [5, 5.41) is 6.03. The predicted octanol–water partition coefficient (Wildman–Crippen LogP) is 2.92. The molecule has 1 amide bonds. The molecular formula is C14H22N2O. The van der Waals surface area contributed by atoms with Crippen LogP contribution in [0.15, 0.2) is 24.3 Å². The Hall–Kier alpha value is -1.35. The van der Waals surface area contributed by atoms with Gasteiger partial charge in [0.25, 0.3) is 0 Å². The van der Waals surface area contributed by atoms with Crippen molar-refractivity contribution in [2.75, 3.05) is 12.4 Å². The summed E-state index contributed by atoms with van der Waals surface area (Å²) in [4.78, 5) is 11.6. The molecule has 2 N–H and O–H groups in total. The molecule has 0 saturated carbocycles. The number of unbranched alkanes of at least 4 members (excludes halogenated alkanes) is 2. The summed E-state index contributed by atoms with van der Waals surface area (Å²) in [6, 6.07) is 7.95. The van der Waals surface area contributed by atoms with Gasteiger partial charge in [-0.15, -0.1) is 0 Å². The molecule has 3 nitrogen and oxygen atoms in total. The van der Waals surface area contributed by atoms with Crippen LogP contribution in [0.4, 0.5) is 5.69 Å². The highest BCUT2D eigenvalue weighted by Gasteiger charge is 2.02. The Bertz CT molecular complexity index is 350. The van der Waals surface area contributed by atoms with Gasteiger partial charge in [-0.2, -0.15) is 0 Å². The number of hydrogen-bond acceptors (Lipinski definition) is 2. The molecule has 0 aliphatic heterocycles. The topological polar surface area (TPSA) is 41.1 Å². The van der Waals surface area contributed by atoms with E-state index in [-0.39, 0.29) is 5.91 Å². The number of rotatable bonds is 7. The molecule has 0 spiro atoms. The first-order valence-corrected chi connectivity index (χ1v) is 6.29. The van der Waals surface area contributed by atoms with Crippen LogP contribution < -0.4 is 10.6 Å². The van der Waals surface area contributed by atoms with Crippen molar-refractivity contribution in [1.29, 1.82) is 0 Å². The number of benzene rings is 1. The minimum atomic E-state index is 0.111. The highest BCUT2D eigenvalue weighted by molar-refractivity contribution is 5.90. The highest BCUT2D eigenvalue weighted by Crippen LogP contribution is 2.11. The summed E-state index contributed by atoms with van der Waals surface area (Å²) in [6.45, 7) is 2.96. The molecule has 0 aromatic heterocycles. The second-order valence-corrected chi connectivity index (χ2v) is 4.24. The van der Waals surface area contributed by atoms with Crippen LogP contribution >= 0.6 is 0 Å². The fraction of sp³-hybridized carbons (Fsp3) is 0.500. The third kappa shape index (κ3) is 5.50. The molecule has 0 fully saturated rings. The lowest BCUT2D eigenvalue weighted by Gasteiger charge is -2.07. The Morgan fingerprint density at radius 1 is 1.29 bits per heavy atom. The summed E-state index contributed by atoms with van der Waals surface area (Å²) in [5.41, 5.74) is 2.07. The Kier molecular flexibility index (Phi) is 6.33. The monoisotopic (exact) mass is 234 g/mol. The largest absolute Gasteiger partial charge is 0.326 e. The maximum atomic E-state index is 11.6. The van der Waals surface area contributed by atoms with Crippen LogP contribution in [0.2, 0.25) is 0 Å². The summed E-state index contributed by atoms with van der Waals surface area (Å²) in [7, 11) is 1.91. The average Bonchev–Trinajstić information content (AvgIpc) is 2.30. The average molecular weight is 234 g/mol. The molecule has 1 aromatic rings. The van der Waals surface area contributed by atoms with E-state index in [1.807, 2.05) is 31.3 Å². The number of anilines is 1. The quantitative estimate of drug-likeness (QED) is 0.712. The summed E-state index contributed by atoms with van der Waals surface area (Å²) < 4.78 is 0. The lowest BCUT2D eigenvalue weighted by molar-refractivity contribution is -0.116. The van der Waals surface area contributed by atoms with E-state index in [9.17, 15) is 4.79 Å². The molecule has 0 saturated heterocycles. The minimum Gasteiger partial charge on any atom is -0.326 e. The van der Waals surface area contributed by atoms with E-state index < -0.39 is 0 Å². The first kappa shape index (κ1) is 13.7. The molecule has 0 bridgehead atoms. The van der Waals surface area contributed by atoms with Gasteiger partial charge in [-0.25, -0.2) is 0 Å². The van der Waals surface area contributed by atoms with Crippen molar-refractivity contribution in [2.45, 2.75) is 39.2 Å². The minimum absolute atomic E-state index is 0.111. The zero-order valence-corrected chi connectivity index (χ0v) is 10.8. The van der Waals surface area contributed by atoms with Crippen molar-refractivity contribution in [2.24, 2.45) is 0 Å². The lowest BCUT2D eigenvalue weighted by atomic mass is 10.1. The number of hydrogen-bond donors (Lipinski definition) is 2. The summed E-state index contributed by atoms with van der Waals surface area (Å²) >= 11 is 0. The standard InChI is InChI=1S/C14H22N2O/c1-3-4-5-9-14(17)16-13-8-6-7-12(10-13)11-15-2/h6-8,10,15H,3-5,9,11H2,1-2H3,(H,16,17). The first-order valence-electron chi connectivity index (χ1n) is 6.29. The SMILES string of the molecule is CCCCCC(=O)Nc1cccc(CNC)c1. The van der Waals surface area contributed by atoms with Crippen LogP contribution in [0.1, 0.15) is 38.2 Å². The van der Waals surface area contributed by atoms with Gasteiger partial charge in [-0.05, 0) is 31.2 Å². The Morgan fingerprint density at radius 2 is 2.12 bits per heavy atom. The van der Waals surface area contributed by atoms with Crippen molar-refractivity contribution < 1.29 is 4.79 Å².